The van der Waals surface area contributed by atoms with Crippen LogP contribution in [0.5, 0.6) is 11.5 Å². The van der Waals surface area contributed by atoms with Gasteiger partial charge in [0, 0.05) is 25.1 Å². The van der Waals surface area contributed by atoms with E-state index in [0.29, 0.717) is 36.2 Å². The first-order valence-corrected chi connectivity index (χ1v) is 9.64. The molecule has 1 atom stereocenters. The van der Waals surface area contributed by atoms with Gasteiger partial charge in [-0.15, -0.1) is 0 Å². The highest BCUT2D eigenvalue weighted by atomic mass is 16.5. The number of nitrogens with zero attached hydrogens (tertiary/aromatic N) is 3. The Morgan fingerprint density at radius 3 is 2.68 bits per heavy atom. The molecular weight excluding hydrogens is 358 g/mol. The molecule has 7 heteroatoms. The van der Waals surface area contributed by atoms with Crippen LogP contribution in [-0.4, -0.2) is 48.3 Å². The molecular formula is C21H29N3O4. The van der Waals surface area contributed by atoms with Crippen molar-refractivity contribution in [2.45, 2.75) is 46.0 Å². The fourth-order valence-corrected chi connectivity index (χ4v) is 3.46. The minimum Gasteiger partial charge on any atom is -0.493 e. The largest absolute Gasteiger partial charge is 0.493 e. The minimum atomic E-state index is -0.0187. The molecule has 1 aliphatic rings. The zero-order chi connectivity index (χ0) is 20.3. The topological polar surface area (TPSA) is 77.7 Å². The van der Waals surface area contributed by atoms with E-state index in [1.807, 2.05) is 23.1 Å². The second kappa shape index (κ2) is 8.20. The number of amides is 1. The van der Waals surface area contributed by atoms with Crippen molar-refractivity contribution >= 4 is 5.91 Å². The van der Waals surface area contributed by atoms with Crippen LogP contribution in [0.1, 0.15) is 51.8 Å². The number of aromatic nitrogens is 2. The third-order valence-electron chi connectivity index (χ3n) is 4.89. The van der Waals surface area contributed by atoms with Crippen molar-refractivity contribution in [3.63, 3.8) is 0 Å². The predicted octanol–water partition coefficient (Wildman–Crippen LogP) is 3.90. The Labute approximate surface area is 166 Å². The Morgan fingerprint density at radius 1 is 1.25 bits per heavy atom. The summed E-state index contributed by atoms with van der Waals surface area (Å²) in [7, 11) is 3.19. The first-order chi connectivity index (χ1) is 13.3. The van der Waals surface area contributed by atoms with E-state index in [1.165, 1.54) is 0 Å². The van der Waals surface area contributed by atoms with Crippen LogP contribution in [0.3, 0.4) is 0 Å². The number of ether oxygens (including phenoxy) is 2. The quantitative estimate of drug-likeness (QED) is 0.774. The second-order valence-electron chi connectivity index (χ2n) is 8.44. The van der Waals surface area contributed by atoms with Gasteiger partial charge in [0.05, 0.1) is 20.1 Å². The lowest BCUT2D eigenvalue weighted by Gasteiger charge is -2.33. The highest BCUT2D eigenvalue weighted by Gasteiger charge is 2.30. The van der Waals surface area contributed by atoms with E-state index < -0.39 is 0 Å². The van der Waals surface area contributed by atoms with Crippen molar-refractivity contribution in [3.05, 3.63) is 24.1 Å². The third kappa shape index (κ3) is 4.64. The molecule has 28 heavy (non-hydrogen) atoms. The third-order valence-corrected chi connectivity index (χ3v) is 4.89. The summed E-state index contributed by atoms with van der Waals surface area (Å²) in [6, 6.07) is 5.52. The molecule has 1 aromatic heterocycles. The Kier molecular flexibility index (Phi) is 5.91. The number of carbonyl (C=O) groups is 1. The minimum absolute atomic E-state index is 0.0187. The van der Waals surface area contributed by atoms with E-state index in [4.69, 9.17) is 14.0 Å². The maximum absolute atomic E-state index is 12.6. The zero-order valence-corrected chi connectivity index (χ0v) is 17.3. The average Bonchev–Trinajstić information content (AvgIpc) is 3.16. The highest BCUT2D eigenvalue weighted by Crippen LogP contribution is 2.33. The van der Waals surface area contributed by atoms with Crippen molar-refractivity contribution < 1.29 is 18.8 Å². The van der Waals surface area contributed by atoms with Crippen LogP contribution in [0, 0.1) is 5.41 Å². The van der Waals surface area contributed by atoms with Crippen molar-refractivity contribution in [1.29, 1.82) is 0 Å². The zero-order valence-electron chi connectivity index (χ0n) is 17.3. The van der Waals surface area contributed by atoms with E-state index in [1.54, 1.807) is 14.2 Å². The van der Waals surface area contributed by atoms with Gasteiger partial charge >= 0.3 is 0 Å². The molecule has 1 saturated heterocycles. The molecule has 0 saturated carbocycles. The molecule has 1 fully saturated rings. The number of methoxy groups -OCH3 is 2. The molecule has 1 unspecified atom stereocenters. The van der Waals surface area contributed by atoms with Crippen LogP contribution in [-0.2, 0) is 4.79 Å². The summed E-state index contributed by atoms with van der Waals surface area (Å²) in [5.41, 5.74) is 0.777. The van der Waals surface area contributed by atoms with E-state index in [9.17, 15) is 4.79 Å². The number of piperidine rings is 1. The first-order valence-electron chi connectivity index (χ1n) is 9.64. The van der Waals surface area contributed by atoms with Crippen molar-refractivity contribution in [2.24, 2.45) is 5.41 Å². The van der Waals surface area contributed by atoms with Crippen LogP contribution >= 0.6 is 0 Å². The Hall–Kier alpha value is -2.57. The Balaban J connectivity index is 1.74. The SMILES string of the molecule is COc1ccc(-c2noc(C3CCCN(C(=O)CC(C)(C)C)C3)n2)cc1OC. The summed E-state index contributed by atoms with van der Waals surface area (Å²) in [6.45, 7) is 7.67. The van der Waals surface area contributed by atoms with Crippen molar-refractivity contribution in [1.82, 2.24) is 15.0 Å². The fraction of sp³-hybridized carbons (Fsp3) is 0.571. The number of hydrogen-bond acceptors (Lipinski definition) is 6. The van der Waals surface area contributed by atoms with Gasteiger partial charge in [0.15, 0.2) is 11.5 Å². The van der Waals surface area contributed by atoms with Crippen LogP contribution in [0.4, 0.5) is 0 Å². The predicted molar refractivity (Wildman–Crippen MR) is 105 cm³/mol. The van der Waals surface area contributed by atoms with Crippen LogP contribution < -0.4 is 9.47 Å². The standard InChI is InChI=1S/C21H29N3O4/c1-21(2,3)12-18(25)24-10-6-7-15(13-24)20-22-19(23-28-20)14-8-9-16(26-4)17(11-14)27-5/h8-9,11,15H,6-7,10,12-13H2,1-5H3. The first kappa shape index (κ1) is 20.2. The van der Waals surface area contributed by atoms with Crippen molar-refractivity contribution in [3.8, 4) is 22.9 Å². The summed E-state index contributed by atoms with van der Waals surface area (Å²) in [5.74, 6) is 2.61. The summed E-state index contributed by atoms with van der Waals surface area (Å²) in [5, 5.41) is 4.14. The van der Waals surface area contributed by atoms with Gasteiger partial charge in [0.1, 0.15) is 0 Å². The molecule has 0 spiro atoms. The Morgan fingerprint density at radius 2 is 2.00 bits per heavy atom. The number of likely N-dealkylation sites (tertiary alicyclic amines) is 1. The average molecular weight is 387 g/mol. The van der Waals surface area contributed by atoms with Crippen LogP contribution in [0.15, 0.2) is 22.7 Å². The molecule has 7 nitrogen and oxygen atoms in total. The molecule has 0 bridgehead atoms. The van der Waals surface area contributed by atoms with Gasteiger partial charge in [-0.25, -0.2) is 0 Å². The molecule has 0 aliphatic carbocycles. The number of carbonyl (C=O) groups excluding carboxylic acids is 1. The second-order valence-corrected chi connectivity index (χ2v) is 8.44. The highest BCUT2D eigenvalue weighted by molar-refractivity contribution is 5.77. The lowest BCUT2D eigenvalue weighted by atomic mass is 9.90. The van der Waals surface area contributed by atoms with Crippen molar-refractivity contribution in [2.75, 3.05) is 27.3 Å². The Bertz CT molecular complexity index is 825. The molecule has 0 N–H and O–H groups in total. The lowest BCUT2D eigenvalue weighted by molar-refractivity contribution is -0.134. The molecule has 1 amide bonds. The van der Waals surface area contributed by atoms with Gasteiger partial charge in [0.2, 0.25) is 17.6 Å². The molecule has 2 heterocycles. The molecule has 1 aliphatic heterocycles. The van der Waals surface area contributed by atoms with E-state index >= 15 is 0 Å². The molecule has 2 aromatic rings. The van der Waals surface area contributed by atoms with Gasteiger partial charge in [-0.1, -0.05) is 25.9 Å². The number of rotatable bonds is 5. The van der Waals surface area contributed by atoms with E-state index in [0.717, 1.165) is 24.9 Å². The molecule has 1 aromatic carbocycles. The summed E-state index contributed by atoms with van der Waals surface area (Å²) in [6.07, 6.45) is 2.42. The van der Waals surface area contributed by atoms with Crippen LogP contribution in [0.2, 0.25) is 0 Å². The van der Waals surface area contributed by atoms with E-state index in [2.05, 4.69) is 30.9 Å². The number of hydrogen-bond donors (Lipinski definition) is 0. The summed E-state index contributed by atoms with van der Waals surface area (Å²) in [4.78, 5) is 19.1. The maximum Gasteiger partial charge on any atom is 0.231 e. The summed E-state index contributed by atoms with van der Waals surface area (Å²) >= 11 is 0. The molecule has 0 radical (unpaired) electrons. The normalized spacial score (nSPS) is 17.5. The van der Waals surface area contributed by atoms with Gasteiger partial charge in [-0.05, 0) is 36.5 Å². The molecule has 3 rings (SSSR count). The maximum atomic E-state index is 12.6. The van der Waals surface area contributed by atoms with Crippen LogP contribution in [0.25, 0.3) is 11.4 Å². The smallest absolute Gasteiger partial charge is 0.231 e. The van der Waals surface area contributed by atoms with E-state index in [-0.39, 0.29) is 17.2 Å². The van der Waals surface area contributed by atoms with Gasteiger partial charge in [-0.2, -0.15) is 4.98 Å². The number of benzene rings is 1. The monoisotopic (exact) mass is 387 g/mol. The summed E-state index contributed by atoms with van der Waals surface area (Å²) < 4.78 is 16.2. The molecule has 152 valence electrons. The van der Waals surface area contributed by atoms with Gasteiger partial charge < -0.3 is 18.9 Å². The lowest BCUT2D eigenvalue weighted by Crippen LogP contribution is -2.40. The fourth-order valence-electron chi connectivity index (χ4n) is 3.46. The van der Waals surface area contributed by atoms with Gasteiger partial charge in [0.25, 0.3) is 0 Å². The van der Waals surface area contributed by atoms with Gasteiger partial charge in [-0.3, -0.25) is 4.79 Å².